The van der Waals surface area contributed by atoms with Crippen molar-refractivity contribution in [2.75, 3.05) is 12.8 Å². The lowest BCUT2D eigenvalue weighted by atomic mass is 9.85. The molecule has 34 heavy (non-hydrogen) atoms. The van der Waals surface area contributed by atoms with Crippen molar-refractivity contribution in [3.05, 3.63) is 59.7 Å². The van der Waals surface area contributed by atoms with E-state index in [2.05, 4.69) is 0 Å². The molecule has 1 unspecified atom stereocenters. The van der Waals surface area contributed by atoms with Crippen molar-refractivity contribution in [3.63, 3.8) is 0 Å². The van der Waals surface area contributed by atoms with E-state index in [1.807, 2.05) is 0 Å². The summed E-state index contributed by atoms with van der Waals surface area (Å²) in [7, 11) is -7.50. The van der Waals surface area contributed by atoms with Crippen molar-refractivity contribution in [2.24, 2.45) is 5.92 Å². The minimum absolute atomic E-state index is 0.0629. The van der Waals surface area contributed by atoms with Crippen molar-refractivity contribution < 1.29 is 34.8 Å². The Kier molecular flexibility index (Phi) is 6.93. The van der Waals surface area contributed by atoms with Gasteiger partial charge in [-0.25, -0.2) is 16.8 Å². The molecule has 0 N–H and O–H groups in total. The van der Waals surface area contributed by atoms with Crippen LogP contribution in [0, 0.1) is 5.92 Å². The molecule has 11 heteroatoms. The highest BCUT2D eigenvalue weighted by Crippen LogP contribution is 2.40. The molecule has 1 saturated heterocycles. The Morgan fingerprint density at radius 1 is 0.971 bits per heavy atom. The molecule has 0 bridgehead atoms. The van der Waals surface area contributed by atoms with Crippen molar-refractivity contribution in [1.29, 1.82) is 0 Å². The fourth-order valence-electron chi connectivity index (χ4n) is 4.06. The van der Waals surface area contributed by atoms with Gasteiger partial charge in [0.2, 0.25) is 5.91 Å². The molecule has 1 heterocycles. The number of benzene rings is 2. The lowest BCUT2D eigenvalue weighted by molar-refractivity contribution is -0.138. The zero-order chi connectivity index (χ0) is 25.5. The van der Waals surface area contributed by atoms with Gasteiger partial charge >= 0.3 is 6.18 Å². The summed E-state index contributed by atoms with van der Waals surface area (Å²) in [6.45, 7) is 3.41. The SMILES string of the molecule is CC(C)(C1CCN(Cc2ccc(S(C)(=O)=O)cc2)C(=O)C1)S(=O)(=O)c1cccc(C(F)(F)F)c1. The second-order valence-electron chi connectivity index (χ2n) is 9.05. The van der Waals surface area contributed by atoms with Crippen LogP contribution in [0.1, 0.15) is 37.8 Å². The van der Waals surface area contributed by atoms with Crippen LogP contribution in [0.2, 0.25) is 0 Å². The summed E-state index contributed by atoms with van der Waals surface area (Å²) in [6.07, 6.45) is -3.27. The summed E-state index contributed by atoms with van der Waals surface area (Å²) in [5, 5.41) is 0. The molecule has 2 aromatic rings. The van der Waals surface area contributed by atoms with E-state index in [0.29, 0.717) is 12.5 Å². The molecule has 1 atom stereocenters. The summed E-state index contributed by atoms with van der Waals surface area (Å²) in [6, 6.07) is 9.83. The normalized spacial score (nSPS) is 18.2. The van der Waals surface area contributed by atoms with Crippen molar-refractivity contribution in [2.45, 2.75) is 53.9 Å². The van der Waals surface area contributed by atoms with Crippen molar-refractivity contribution in [1.82, 2.24) is 4.90 Å². The van der Waals surface area contributed by atoms with E-state index >= 15 is 0 Å². The topological polar surface area (TPSA) is 88.6 Å². The number of sulfone groups is 2. The third kappa shape index (κ3) is 5.30. The number of carbonyl (C=O) groups is 1. The first kappa shape index (κ1) is 26.2. The smallest absolute Gasteiger partial charge is 0.338 e. The first-order chi connectivity index (χ1) is 15.5. The fourth-order valence-corrected chi connectivity index (χ4v) is 6.48. The van der Waals surface area contributed by atoms with Crippen LogP contribution in [0.3, 0.4) is 0 Å². The van der Waals surface area contributed by atoms with Gasteiger partial charge in [-0.15, -0.1) is 0 Å². The number of halogens is 3. The predicted molar refractivity (Wildman–Crippen MR) is 120 cm³/mol. The van der Waals surface area contributed by atoms with Crippen molar-refractivity contribution in [3.8, 4) is 0 Å². The minimum Gasteiger partial charge on any atom is -0.338 e. The molecule has 2 aromatic carbocycles. The number of alkyl halides is 3. The van der Waals surface area contributed by atoms with E-state index in [1.165, 1.54) is 26.0 Å². The Labute approximate surface area is 197 Å². The Hall–Kier alpha value is -2.40. The molecule has 0 spiro atoms. The molecule has 0 aliphatic carbocycles. The molecule has 0 saturated carbocycles. The van der Waals surface area contributed by atoms with Gasteiger partial charge in [0.15, 0.2) is 19.7 Å². The van der Waals surface area contributed by atoms with Crippen LogP contribution in [0.5, 0.6) is 0 Å². The van der Waals surface area contributed by atoms with Gasteiger partial charge in [0.05, 0.1) is 20.1 Å². The molecule has 186 valence electrons. The molecule has 1 amide bonds. The van der Waals surface area contributed by atoms with Gasteiger partial charge in [-0.3, -0.25) is 4.79 Å². The number of rotatable bonds is 6. The number of amides is 1. The average molecular weight is 518 g/mol. The van der Waals surface area contributed by atoms with Crippen LogP contribution in [-0.4, -0.2) is 45.2 Å². The third-order valence-electron chi connectivity index (χ3n) is 6.39. The number of hydrogen-bond acceptors (Lipinski definition) is 5. The maximum Gasteiger partial charge on any atom is 0.416 e. The lowest BCUT2D eigenvalue weighted by Gasteiger charge is -2.39. The molecule has 1 aliphatic rings. The van der Waals surface area contributed by atoms with Crippen LogP contribution in [-0.2, 0) is 37.2 Å². The Balaban J connectivity index is 1.75. The largest absolute Gasteiger partial charge is 0.416 e. The van der Waals surface area contributed by atoms with Crippen LogP contribution < -0.4 is 0 Å². The van der Waals surface area contributed by atoms with Gasteiger partial charge in [-0.05, 0) is 62.1 Å². The van der Waals surface area contributed by atoms with Gasteiger partial charge in [0, 0.05) is 25.8 Å². The summed E-state index contributed by atoms with van der Waals surface area (Å²) >= 11 is 0. The first-order valence-corrected chi connectivity index (χ1v) is 13.9. The molecule has 0 radical (unpaired) electrons. The molecular formula is C23H26F3NO5S2. The quantitative estimate of drug-likeness (QED) is 0.576. The van der Waals surface area contributed by atoms with Crippen LogP contribution in [0.25, 0.3) is 0 Å². The Morgan fingerprint density at radius 3 is 2.12 bits per heavy atom. The van der Waals surface area contributed by atoms with Gasteiger partial charge in [0.25, 0.3) is 0 Å². The van der Waals surface area contributed by atoms with E-state index in [-0.39, 0.29) is 30.3 Å². The second kappa shape index (κ2) is 8.99. The second-order valence-corrected chi connectivity index (χ2v) is 13.6. The van der Waals surface area contributed by atoms with E-state index in [4.69, 9.17) is 0 Å². The summed E-state index contributed by atoms with van der Waals surface area (Å²) in [4.78, 5) is 14.1. The summed E-state index contributed by atoms with van der Waals surface area (Å²) in [5.41, 5.74) is -0.313. The zero-order valence-corrected chi connectivity index (χ0v) is 20.6. The monoisotopic (exact) mass is 517 g/mol. The number of likely N-dealkylation sites (tertiary alicyclic amines) is 1. The number of piperidine rings is 1. The number of nitrogens with zero attached hydrogens (tertiary/aromatic N) is 1. The first-order valence-electron chi connectivity index (χ1n) is 10.5. The number of carbonyl (C=O) groups excluding carboxylic acids is 1. The predicted octanol–water partition coefficient (Wildman–Crippen LogP) is 4.10. The van der Waals surface area contributed by atoms with Gasteiger partial charge in [0.1, 0.15) is 0 Å². The van der Waals surface area contributed by atoms with Crippen LogP contribution >= 0.6 is 0 Å². The van der Waals surface area contributed by atoms with E-state index < -0.39 is 47.0 Å². The van der Waals surface area contributed by atoms with Crippen molar-refractivity contribution >= 4 is 25.6 Å². The maximum atomic E-state index is 13.3. The third-order valence-corrected chi connectivity index (χ3v) is 10.1. The maximum absolute atomic E-state index is 13.3. The highest BCUT2D eigenvalue weighted by molar-refractivity contribution is 7.92. The Morgan fingerprint density at radius 2 is 1.59 bits per heavy atom. The van der Waals surface area contributed by atoms with E-state index in [0.717, 1.165) is 30.0 Å². The fraction of sp³-hybridized carbons (Fsp3) is 0.435. The number of hydrogen-bond donors (Lipinski definition) is 0. The van der Waals surface area contributed by atoms with E-state index in [9.17, 15) is 34.8 Å². The highest BCUT2D eigenvalue weighted by atomic mass is 32.2. The molecule has 3 rings (SSSR count). The van der Waals surface area contributed by atoms with Crippen LogP contribution in [0.4, 0.5) is 13.2 Å². The van der Waals surface area contributed by atoms with Gasteiger partial charge in [-0.1, -0.05) is 18.2 Å². The highest BCUT2D eigenvalue weighted by Gasteiger charge is 2.46. The minimum atomic E-state index is -4.67. The zero-order valence-electron chi connectivity index (χ0n) is 19.0. The standard InChI is InChI=1S/C23H26F3NO5S2/c1-22(2,34(31,32)20-6-4-5-18(13-20)23(24,25)26)17-11-12-27(21(28)14-17)15-16-7-9-19(10-8-16)33(3,29)30/h4-10,13,17H,11-12,14-15H2,1-3H3. The molecule has 1 aliphatic heterocycles. The van der Waals surface area contributed by atoms with Crippen LogP contribution in [0.15, 0.2) is 58.3 Å². The van der Waals surface area contributed by atoms with E-state index in [1.54, 1.807) is 17.0 Å². The molecule has 6 nitrogen and oxygen atoms in total. The lowest BCUT2D eigenvalue weighted by Crippen LogP contribution is -2.48. The average Bonchev–Trinajstić information content (AvgIpc) is 2.74. The van der Waals surface area contributed by atoms with Gasteiger partial charge in [-0.2, -0.15) is 13.2 Å². The van der Waals surface area contributed by atoms with Gasteiger partial charge < -0.3 is 4.90 Å². The molecular weight excluding hydrogens is 491 g/mol. The summed E-state index contributed by atoms with van der Waals surface area (Å²) < 4.78 is 87.6. The Bertz CT molecular complexity index is 1280. The molecule has 0 aromatic heterocycles. The summed E-state index contributed by atoms with van der Waals surface area (Å²) in [5.74, 6) is -0.848. The molecule has 1 fully saturated rings.